The number of nitrogens with one attached hydrogen (secondary N) is 1. The van der Waals surface area contributed by atoms with E-state index in [9.17, 15) is 0 Å². The van der Waals surface area contributed by atoms with Gasteiger partial charge in [0.05, 0.1) is 5.60 Å². The Hall–Kier alpha value is -0.280. The Bertz CT molecular complexity index is 413. The van der Waals surface area contributed by atoms with Crippen molar-refractivity contribution in [3.05, 3.63) is 33.8 Å². The van der Waals surface area contributed by atoms with Crippen molar-refractivity contribution >= 4 is 23.2 Å². The molecule has 0 spiro atoms. The SMILES string of the molecule is CNC(CC1(OC)CCC1)c1ccc(Cl)cc1Cl. The second-order valence-electron chi connectivity index (χ2n) is 4.95. The van der Waals surface area contributed by atoms with Gasteiger partial charge < -0.3 is 10.1 Å². The molecule has 1 aliphatic rings. The summed E-state index contributed by atoms with van der Waals surface area (Å²) in [6, 6.07) is 5.87. The number of ether oxygens (including phenoxy) is 1. The number of hydrogen-bond acceptors (Lipinski definition) is 2. The van der Waals surface area contributed by atoms with Gasteiger partial charge in [-0.15, -0.1) is 0 Å². The van der Waals surface area contributed by atoms with Crippen molar-refractivity contribution in [3.8, 4) is 0 Å². The van der Waals surface area contributed by atoms with Crippen LogP contribution in [0.1, 0.15) is 37.3 Å². The van der Waals surface area contributed by atoms with Gasteiger partial charge >= 0.3 is 0 Å². The number of hydrogen-bond donors (Lipinski definition) is 1. The van der Waals surface area contributed by atoms with Crippen LogP contribution in [0.2, 0.25) is 10.0 Å². The molecule has 0 saturated heterocycles. The van der Waals surface area contributed by atoms with Crippen LogP contribution >= 0.6 is 23.2 Å². The van der Waals surface area contributed by atoms with Crippen molar-refractivity contribution < 1.29 is 4.74 Å². The van der Waals surface area contributed by atoms with Crippen molar-refractivity contribution in [1.29, 1.82) is 0 Å². The molecule has 1 aromatic carbocycles. The molecule has 18 heavy (non-hydrogen) atoms. The minimum Gasteiger partial charge on any atom is -0.378 e. The fourth-order valence-electron chi connectivity index (χ4n) is 2.59. The molecular formula is C14H19Cl2NO. The van der Waals surface area contributed by atoms with Gasteiger partial charge in [0.15, 0.2) is 0 Å². The van der Waals surface area contributed by atoms with Crippen LogP contribution in [0.5, 0.6) is 0 Å². The maximum atomic E-state index is 6.27. The van der Waals surface area contributed by atoms with Gasteiger partial charge in [-0.25, -0.2) is 0 Å². The van der Waals surface area contributed by atoms with Gasteiger partial charge in [-0.1, -0.05) is 29.3 Å². The lowest BCUT2D eigenvalue weighted by Gasteiger charge is -2.43. The quantitative estimate of drug-likeness (QED) is 0.876. The number of methoxy groups -OCH3 is 1. The van der Waals surface area contributed by atoms with Crippen molar-refractivity contribution in [1.82, 2.24) is 5.32 Å². The standard InChI is InChI=1S/C14H19Cl2NO/c1-17-13(9-14(18-2)6-3-7-14)11-5-4-10(15)8-12(11)16/h4-5,8,13,17H,3,6-7,9H2,1-2H3. The van der Waals surface area contributed by atoms with E-state index in [1.54, 1.807) is 13.2 Å². The average molecular weight is 288 g/mol. The summed E-state index contributed by atoms with van der Waals surface area (Å²) >= 11 is 12.2. The second kappa shape index (κ2) is 5.79. The monoisotopic (exact) mass is 287 g/mol. The first-order chi connectivity index (χ1) is 8.60. The number of halogens is 2. The van der Waals surface area contributed by atoms with Gasteiger partial charge in [-0.2, -0.15) is 0 Å². The highest BCUT2D eigenvalue weighted by Crippen LogP contribution is 2.42. The fraction of sp³-hybridized carbons (Fsp3) is 0.571. The van der Waals surface area contributed by atoms with Crippen molar-refractivity contribution in [2.24, 2.45) is 0 Å². The molecule has 2 nitrogen and oxygen atoms in total. The van der Waals surface area contributed by atoms with Crippen LogP contribution in [0.3, 0.4) is 0 Å². The number of benzene rings is 1. The van der Waals surface area contributed by atoms with Gasteiger partial charge in [0.2, 0.25) is 0 Å². The number of rotatable bonds is 5. The van der Waals surface area contributed by atoms with E-state index in [1.807, 2.05) is 19.2 Å². The first kappa shape index (κ1) is 14.1. The molecule has 100 valence electrons. The predicted octanol–water partition coefficient (Wildman–Crippen LogP) is 4.21. The third kappa shape index (κ3) is 2.83. The Kier molecular flexibility index (Phi) is 4.54. The van der Waals surface area contributed by atoms with E-state index >= 15 is 0 Å². The summed E-state index contributed by atoms with van der Waals surface area (Å²) in [6.07, 6.45) is 4.46. The Labute approximate surface area is 119 Å². The Morgan fingerprint density at radius 3 is 2.56 bits per heavy atom. The van der Waals surface area contributed by atoms with Crippen LogP contribution < -0.4 is 5.32 Å². The zero-order chi connectivity index (χ0) is 13.2. The van der Waals surface area contributed by atoms with Gasteiger partial charge in [0.1, 0.15) is 0 Å². The van der Waals surface area contributed by atoms with Gasteiger partial charge in [0.25, 0.3) is 0 Å². The normalized spacial score (nSPS) is 19.3. The van der Waals surface area contributed by atoms with E-state index < -0.39 is 0 Å². The molecule has 1 fully saturated rings. The second-order valence-corrected chi connectivity index (χ2v) is 5.80. The highest BCUT2D eigenvalue weighted by Gasteiger charge is 2.39. The van der Waals surface area contributed by atoms with Crippen molar-refractivity contribution in [2.75, 3.05) is 14.2 Å². The van der Waals surface area contributed by atoms with Crippen LogP contribution in [0, 0.1) is 0 Å². The zero-order valence-corrected chi connectivity index (χ0v) is 12.3. The molecule has 0 aromatic heterocycles. The Balaban J connectivity index is 2.17. The zero-order valence-electron chi connectivity index (χ0n) is 10.8. The van der Waals surface area contributed by atoms with E-state index in [4.69, 9.17) is 27.9 Å². The van der Waals surface area contributed by atoms with Crippen LogP contribution in [-0.2, 0) is 4.74 Å². The minimum absolute atomic E-state index is 0.0244. The lowest BCUT2D eigenvalue weighted by Crippen LogP contribution is -2.42. The molecule has 1 N–H and O–H groups in total. The van der Waals surface area contributed by atoms with Gasteiger partial charge in [-0.05, 0) is 50.4 Å². The molecule has 2 rings (SSSR count). The lowest BCUT2D eigenvalue weighted by molar-refractivity contribution is -0.0834. The molecule has 1 atom stereocenters. The van der Waals surface area contributed by atoms with Gasteiger partial charge in [-0.3, -0.25) is 0 Å². The summed E-state index contributed by atoms with van der Waals surface area (Å²) < 4.78 is 5.68. The molecule has 1 aliphatic carbocycles. The first-order valence-corrected chi connectivity index (χ1v) is 7.03. The topological polar surface area (TPSA) is 21.3 Å². The van der Waals surface area contributed by atoms with Crippen molar-refractivity contribution in [2.45, 2.75) is 37.3 Å². The Morgan fingerprint density at radius 1 is 1.39 bits per heavy atom. The maximum Gasteiger partial charge on any atom is 0.0697 e. The molecular weight excluding hydrogens is 269 g/mol. The highest BCUT2D eigenvalue weighted by molar-refractivity contribution is 6.35. The largest absolute Gasteiger partial charge is 0.378 e. The summed E-state index contributed by atoms with van der Waals surface area (Å²) in [4.78, 5) is 0. The molecule has 0 aliphatic heterocycles. The molecule has 1 aromatic rings. The summed E-state index contributed by atoms with van der Waals surface area (Å²) in [5.41, 5.74) is 1.11. The van der Waals surface area contributed by atoms with E-state index in [0.29, 0.717) is 10.0 Å². The van der Waals surface area contributed by atoms with Crippen molar-refractivity contribution in [3.63, 3.8) is 0 Å². The summed E-state index contributed by atoms with van der Waals surface area (Å²) in [5, 5.41) is 4.71. The summed E-state index contributed by atoms with van der Waals surface area (Å²) in [6.45, 7) is 0. The molecule has 4 heteroatoms. The molecule has 1 unspecified atom stereocenters. The smallest absolute Gasteiger partial charge is 0.0697 e. The maximum absolute atomic E-state index is 6.27. The Morgan fingerprint density at radius 2 is 2.11 bits per heavy atom. The predicted molar refractivity (Wildman–Crippen MR) is 76.5 cm³/mol. The fourth-order valence-corrected chi connectivity index (χ4v) is 3.13. The van der Waals surface area contributed by atoms with E-state index in [-0.39, 0.29) is 11.6 Å². The van der Waals surface area contributed by atoms with Gasteiger partial charge in [0, 0.05) is 23.2 Å². The van der Waals surface area contributed by atoms with E-state index in [2.05, 4.69) is 5.32 Å². The van der Waals surface area contributed by atoms with Crippen LogP contribution in [0.25, 0.3) is 0 Å². The lowest BCUT2D eigenvalue weighted by atomic mass is 9.74. The molecule has 0 bridgehead atoms. The summed E-state index contributed by atoms with van der Waals surface area (Å²) in [5.74, 6) is 0. The molecule has 1 saturated carbocycles. The molecule has 0 radical (unpaired) electrons. The molecule has 0 amide bonds. The van der Waals surface area contributed by atoms with Crippen LogP contribution in [-0.4, -0.2) is 19.8 Å². The van der Waals surface area contributed by atoms with Crippen LogP contribution in [0.15, 0.2) is 18.2 Å². The minimum atomic E-state index is 0.0244. The van der Waals surface area contributed by atoms with E-state index in [0.717, 1.165) is 24.8 Å². The highest BCUT2D eigenvalue weighted by atomic mass is 35.5. The summed E-state index contributed by atoms with van der Waals surface area (Å²) in [7, 11) is 3.76. The first-order valence-electron chi connectivity index (χ1n) is 6.27. The third-order valence-electron chi connectivity index (χ3n) is 3.96. The average Bonchev–Trinajstić information content (AvgIpc) is 2.30. The third-order valence-corrected chi connectivity index (χ3v) is 4.52. The van der Waals surface area contributed by atoms with Crippen LogP contribution in [0.4, 0.5) is 0 Å². The van der Waals surface area contributed by atoms with E-state index in [1.165, 1.54) is 6.42 Å². The molecule has 0 heterocycles.